The lowest BCUT2D eigenvalue weighted by molar-refractivity contribution is -0.451. The summed E-state index contributed by atoms with van der Waals surface area (Å²) in [5.74, 6) is 0.186. The number of fused-ring (bicyclic) bond motifs is 2. The predicted molar refractivity (Wildman–Crippen MR) is 61.6 cm³/mol. The maximum atomic E-state index is 5.88. The number of nitrogens with two attached hydrogens (primary N) is 1. The molecule has 0 atom stereocenters. The summed E-state index contributed by atoms with van der Waals surface area (Å²) in [5.41, 5.74) is 7.54. The molecule has 5 heteroatoms. The van der Waals surface area contributed by atoms with Crippen LogP contribution in [-0.2, 0) is 15.4 Å². The number of nitrogens with zero attached hydrogens (tertiary/aromatic N) is 1. The van der Waals surface area contributed by atoms with Gasteiger partial charge in [0.2, 0.25) is 0 Å². The maximum Gasteiger partial charge on any atom is 0.304 e. The van der Waals surface area contributed by atoms with Gasteiger partial charge in [-0.2, -0.15) is 0 Å². The Labute approximate surface area is 99.2 Å². The number of ether oxygens (including phenoxy) is 3. The van der Waals surface area contributed by atoms with Gasteiger partial charge in [0, 0.05) is 11.1 Å². The molecule has 1 aromatic rings. The van der Waals surface area contributed by atoms with Crippen LogP contribution in [0.15, 0.2) is 23.2 Å². The Morgan fingerprint density at radius 2 is 2.24 bits per heavy atom. The van der Waals surface area contributed by atoms with Crippen LogP contribution in [0.4, 0.5) is 0 Å². The third kappa shape index (κ3) is 1.43. The molecule has 17 heavy (non-hydrogen) atoms. The highest BCUT2D eigenvalue weighted by Crippen LogP contribution is 2.45. The molecule has 90 valence electrons. The topological polar surface area (TPSA) is 66.1 Å². The fourth-order valence-electron chi connectivity index (χ4n) is 2.18. The van der Waals surface area contributed by atoms with Gasteiger partial charge in [-0.05, 0) is 32.0 Å². The van der Waals surface area contributed by atoms with Gasteiger partial charge in [0.1, 0.15) is 11.6 Å². The first-order valence-corrected chi connectivity index (χ1v) is 5.63. The van der Waals surface area contributed by atoms with Crippen molar-refractivity contribution < 1.29 is 14.2 Å². The summed E-state index contributed by atoms with van der Waals surface area (Å²) in [6.07, 6.45) is -0.246. The fourth-order valence-corrected chi connectivity index (χ4v) is 2.18. The molecule has 1 saturated heterocycles. The van der Waals surface area contributed by atoms with Crippen LogP contribution >= 0.6 is 0 Å². The maximum absolute atomic E-state index is 5.88. The van der Waals surface area contributed by atoms with Crippen molar-refractivity contribution in [3.05, 3.63) is 29.3 Å². The van der Waals surface area contributed by atoms with E-state index in [1.165, 1.54) is 0 Å². The standard InChI is InChI=1S/C12H14N2O3/c1-3-15-8-4-5-10-9(6-8)11(13)14-12(10)16-7(2)17-12/h4-7H,3H2,1-2H3,(H2,13,14). The molecule has 0 unspecified atom stereocenters. The molecule has 0 amide bonds. The molecule has 0 bridgehead atoms. The van der Waals surface area contributed by atoms with E-state index in [9.17, 15) is 0 Å². The van der Waals surface area contributed by atoms with Gasteiger partial charge in [0.25, 0.3) is 0 Å². The number of rotatable bonds is 2. The van der Waals surface area contributed by atoms with E-state index in [-0.39, 0.29) is 6.29 Å². The molecule has 0 aromatic heterocycles. The molecule has 0 saturated carbocycles. The van der Waals surface area contributed by atoms with Crippen LogP contribution in [-0.4, -0.2) is 18.7 Å². The minimum absolute atomic E-state index is 0.246. The minimum atomic E-state index is -1.01. The molecule has 0 aliphatic carbocycles. The highest BCUT2D eigenvalue weighted by atomic mass is 16.9. The van der Waals surface area contributed by atoms with Crippen LogP contribution in [0.3, 0.4) is 0 Å². The summed E-state index contributed by atoms with van der Waals surface area (Å²) in [6, 6.07) is 5.62. The van der Waals surface area contributed by atoms with E-state index in [0.717, 1.165) is 16.9 Å². The molecule has 0 radical (unpaired) electrons. The average Bonchev–Trinajstić information content (AvgIpc) is 2.53. The van der Waals surface area contributed by atoms with Crippen molar-refractivity contribution in [2.24, 2.45) is 10.7 Å². The number of aliphatic imine (C=N–C) groups is 1. The van der Waals surface area contributed by atoms with Gasteiger partial charge in [0.05, 0.1) is 6.61 Å². The Kier molecular flexibility index (Phi) is 2.14. The molecule has 1 fully saturated rings. The summed E-state index contributed by atoms with van der Waals surface area (Å²) in [4.78, 5) is 4.24. The van der Waals surface area contributed by atoms with Crippen molar-refractivity contribution in [1.29, 1.82) is 0 Å². The van der Waals surface area contributed by atoms with E-state index in [1.807, 2.05) is 32.0 Å². The van der Waals surface area contributed by atoms with Gasteiger partial charge >= 0.3 is 5.91 Å². The minimum Gasteiger partial charge on any atom is -0.494 e. The van der Waals surface area contributed by atoms with Crippen molar-refractivity contribution in [3.8, 4) is 5.75 Å². The molecule has 1 spiro atoms. The molecule has 2 N–H and O–H groups in total. The first-order chi connectivity index (χ1) is 8.14. The summed E-state index contributed by atoms with van der Waals surface area (Å²) in [5, 5.41) is 0. The predicted octanol–water partition coefficient (Wildman–Crippen LogP) is 1.31. The number of amidine groups is 1. The molecule has 2 heterocycles. The number of hydrogen-bond acceptors (Lipinski definition) is 5. The first-order valence-electron chi connectivity index (χ1n) is 5.63. The molecule has 1 aromatic carbocycles. The van der Waals surface area contributed by atoms with E-state index in [1.54, 1.807) is 0 Å². The zero-order chi connectivity index (χ0) is 12.0. The second kappa shape index (κ2) is 3.45. The number of benzene rings is 1. The molecule has 2 aliphatic heterocycles. The summed E-state index contributed by atoms with van der Waals surface area (Å²) in [7, 11) is 0. The zero-order valence-electron chi connectivity index (χ0n) is 9.77. The van der Waals surface area contributed by atoms with Crippen molar-refractivity contribution in [2.75, 3.05) is 6.61 Å². The van der Waals surface area contributed by atoms with Crippen molar-refractivity contribution >= 4 is 5.84 Å². The lowest BCUT2D eigenvalue weighted by Gasteiger charge is -2.41. The van der Waals surface area contributed by atoms with Crippen molar-refractivity contribution in [2.45, 2.75) is 26.0 Å². The second-order valence-electron chi connectivity index (χ2n) is 4.02. The average molecular weight is 234 g/mol. The Balaban J connectivity index is 2.01. The van der Waals surface area contributed by atoms with Crippen LogP contribution in [0.1, 0.15) is 25.0 Å². The third-order valence-corrected chi connectivity index (χ3v) is 2.84. The quantitative estimate of drug-likeness (QED) is 0.837. The second-order valence-corrected chi connectivity index (χ2v) is 4.02. The lowest BCUT2D eigenvalue weighted by Crippen LogP contribution is -2.47. The SMILES string of the molecule is CCOc1ccc2c(c1)C(N)=NC21OC(C)O1. The van der Waals surface area contributed by atoms with Crippen LogP contribution < -0.4 is 10.5 Å². The van der Waals surface area contributed by atoms with Gasteiger partial charge in [-0.3, -0.25) is 9.47 Å². The van der Waals surface area contributed by atoms with Crippen LogP contribution in [0.5, 0.6) is 5.75 Å². The van der Waals surface area contributed by atoms with Crippen molar-refractivity contribution in [3.63, 3.8) is 0 Å². The summed E-state index contributed by atoms with van der Waals surface area (Å²) < 4.78 is 16.5. The molecule has 3 rings (SSSR count). The molecule has 2 aliphatic rings. The summed E-state index contributed by atoms with van der Waals surface area (Å²) >= 11 is 0. The van der Waals surface area contributed by atoms with Crippen LogP contribution in [0.2, 0.25) is 0 Å². The van der Waals surface area contributed by atoms with E-state index in [0.29, 0.717) is 12.4 Å². The zero-order valence-corrected chi connectivity index (χ0v) is 9.77. The van der Waals surface area contributed by atoms with Gasteiger partial charge in [-0.25, -0.2) is 4.99 Å². The lowest BCUT2D eigenvalue weighted by atomic mass is 10.1. The monoisotopic (exact) mass is 234 g/mol. The van der Waals surface area contributed by atoms with Crippen molar-refractivity contribution in [1.82, 2.24) is 0 Å². The van der Waals surface area contributed by atoms with Crippen LogP contribution in [0.25, 0.3) is 0 Å². The van der Waals surface area contributed by atoms with Gasteiger partial charge in [-0.15, -0.1) is 0 Å². The van der Waals surface area contributed by atoms with Gasteiger partial charge in [-0.1, -0.05) is 0 Å². The Bertz CT molecular complexity index is 493. The first kappa shape index (κ1) is 10.6. The Hall–Kier alpha value is -1.59. The normalized spacial score (nSPS) is 29.8. The Morgan fingerprint density at radius 1 is 1.47 bits per heavy atom. The number of hydrogen-bond donors (Lipinski definition) is 1. The van der Waals surface area contributed by atoms with E-state index in [4.69, 9.17) is 19.9 Å². The highest BCUT2D eigenvalue weighted by molar-refractivity contribution is 6.02. The highest BCUT2D eigenvalue weighted by Gasteiger charge is 2.52. The van der Waals surface area contributed by atoms with E-state index >= 15 is 0 Å². The van der Waals surface area contributed by atoms with Gasteiger partial charge in [0.15, 0.2) is 6.29 Å². The molecular formula is C12H14N2O3. The van der Waals surface area contributed by atoms with E-state index in [2.05, 4.69) is 4.99 Å². The Morgan fingerprint density at radius 3 is 2.88 bits per heavy atom. The molecule has 5 nitrogen and oxygen atoms in total. The fraction of sp³-hybridized carbons (Fsp3) is 0.417. The van der Waals surface area contributed by atoms with Crippen LogP contribution in [0, 0.1) is 0 Å². The molecular weight excluding hydrogens is 220 g/mol. The third-order valence-electron chi connectivity index (χ3n) is 2.84. The van der Waals surface area contributed by atoms with Gasteiger partial charge < -0.3 is 10.5 Å². The largest absolute Gasteiger partial charge is 0.494 e. The summed E-state index contributed by atoms with van der Waals surface area (Å²) in [6.45, 7) is 4.38. The van der Waals surface area contributed by atoms with E-state index < -0.39 is 5.91 Å². The smallest absolute Gasteiger partial charge is 0.304 e.